The Morgan fingerprint density at radius 2 is 1.62 bits per heavy atom. The number of carbonyl (C=O) groups excluding carboxylic acids is 1. The Labute approximate surface area is 216 Å². The van der Waals surface area contributed by atoms with E-state index in [1.807, 2.05) is 79.4 Å². The van der Waals surface area contributed by atoms with Crippen molar-refractivity contribution in [3.05, 3.63) is 83.9 Å². The van der Waals surface area contributed by atoms with E-state index in [1.54, 1.807) is 12.1 Å². The molecular weight excluding hydrogens is 486 g/mol. The SMILES string of the molecule is CC(C)Oc1ccc2c(c1)c(CN1CCN(C(=O)c3ccccc3)CC1)c1n2S(=O)(=O)c2ccccc2-1. The molecule has 7 nitrogen and oxygen atoms in total. The van der Waals surface area contributed by atoms with Crippen LogP contribution >= 0.6 is 0 Å². The molecule has 190 valence electrons. The summed E-state index contributed by atoms with van der Waals surface area (Å²) in [5.74, 6) is 0.767. The molecule has 2 aliphatic rings. The van der Waals surface area contributed by atoms with E-state index in [0.717, 1.165) is 28.0 Å². The Bertz CT molecular complexity index is 1600. The molecule has 37 heavy (non-hydrogen) atoms. The van der Waals surface area contributed by atoms with Gasteiger partial charge in [-0.15, -0.1) is 0 Å². The first kappa shape index (κ1) is 23.8. The second-order valence-corrected chi connectivity index (χ2v) is 11.6. The molecule has 0 atom stereocenters. The lowest BCUT2D eigenvalue weighted by Gasteiger charge is -2.35. The zero-order valence-electron chi connectivity index (χ0n) is 20.9. The third kappa shape index (κ3) is 4.01. The first-order valence-electron chi connectivity index (χ1n) is 12.6. The number of hydrogen-bond donors (Lipinski definition) is 0. The zero-order chi connectivity index (χ0) is 25.7. The highest BCUT2D eigenvalue weighted by Crippen LogP contribution is 2.46. The molecule has 1 fully saturated rings. The molecule has 0 aliphatic carbocycles. The van der Waals surface area contributed by atoms with Crippen molar-refractivity contribution in [3.8, 4) is 17.0 Å². The van der Waals surface area contributed by atoms with E-state index in [1.165, 1.54) is 3.97 Å². The van der Waals surface area contributed by atoms with Gasteiger partial charge in [-0.2, -0.15) is 0 Å². The summed E-state index contributed by atoms with van der Waals surface area (Å²) >= 11 is 0. The molecule has 6 rings (SSSR count). The van der Waals surface area contributed by atoms with Gasteiger partial charge in [-0.25, -0.2) is 12.4 Å². The fraction of sp³-hybridized carbons (Fsp3) is 0.276. The van der Waals surface area contributed by atoms with Crippen LogP contribution in [0.2, 0.25) is 0 Å². The van der Waals surface area contributed by atoms with Crippen molar-refractivity contribution in [1.29, 1.82) is 0 Å². The van der Waals surface area contributed by atoms with Gasteiger partial charge in [0.25, 0.3) is 15.9 Å². The number of amides is 1. The molecule has 0 N–H and O–H groups in total. The monoisotopic (exact) mass is 515 g/mol. The molecule has 2 aliphatic heterocycles. The van der Waals surface area contributed by atoms with Gasteiger partial charge in [0.2, 0.25) is 0 Å². The molecule has 0 spiro atoms. The number of carbonyl (C=O) groups is 1. The van der Waals surface area contributed by atoms with E-state index < -0.39 is 10.0 Å². The predicted octanol–water partition coefficient (Wildman–Crippen LogP) is 4.60. The molecule has 0 unspecified atom stereocenters. The molecule has 1 saturated heterocycles. The van der Waals surface area contributed by atoms with Crippen LogP contribution in [-0.2, 0) is 16.6 Å². The van der Waals surface area contributed by atoms with Crippen LogP contribution in [0.4, 0.5) is 0 Å². The summed E-state index contributed by atoms with van der Waals surface area (Å²) in [6, 6.07) is 22.2. The van der Waals surface area contributed by atoms with Crippen molar-refractivity contribution in [2.24, 2.45) is 0 Å². The lowest BCUT2D eigenvalue weighted by Crippen LogP contribution is -2.48. The van der Waals surface area contributed by atoms with Crippen molar-refractivity contribution >= 4 is 26.8 Å². The van der Waals surface area contributed by atoms with Gasteiger partial charge in [0.05, 0.1) is 22.2 Å². The summed E-state index contributed by atoms with van der Waals surface area (Å²) in [6.07, 6.45) is 0.00931. The van der Waals surface area contributed by atoms with Crippen LogP contribution in [-0.4, -0.2) is 60.4 Å². The number of benzene rings is 3. The fourth-order valence-corrected chi connectivity index (χ4v) is 7.17. The van der Waals surface area contributed by atoms with Gasteiger partial charge in [-0.3, -0.25) is 9.69 Å². The molecule has 0 radical (unpaired) electrons. The topological polar surface area (TPSA) is 71.8 Å². The van der Waals surface area contributed by atoms with Gasteiger partial charge in [0, 0.05) is 54.8 Å². The Kier molecular flexibility index (Phi) is 5.81. The Morgan fingerprint density at radius 1 is 0.919 bits per heavy atom. The quantitative estimate of drug-likeness (QED) is 0.342. The summed E-state index contributed by atoms with van der Waals surface area (Å²) in [7, 11) is -3.69. The standard InChI is InChI=1S/C29H29N3O4S/c1-20(2)36-22-12-13-26-24(18-22)25(28-23-10-6-7-11-27(23)37(34,35)32(26)28)19-30-14-16-31(17-15-30)29(33)21-8-4-3-5-9-21/h3-13,18,20H,14-17,19H2,1-2H3. The summed E-state index contributed by atoms with van der Waals surface area (Å²) in [5.41, 5.74) is 3.80. The molecule has 4 aromatic rings. The van der Waals surface area contributed by atoms with Crippen molar-refractivity contribution in [3.63, 3.8) is 0 Å². The van der Waals surface area contributed by atoms with E-state index in [9.17, 15) is 13.2 Å². The summed E-state index contributed by atoms with van der Waals surface area (Å²) in [6.45, 7) is 7.20. The van der Waals surface area contributed by atoms with Crippen molar-refractivity contribution < 1.29 is 17.9 Å². The average molecular weight is 516 g/mol. The second kappa shape index (κ2) is 9.04. The number of ether oxygens (including phenoxy) is 1. The minimum Gasteiger partial charge on any atom is -0.491 e. The van der Waals surface area contributed by atoms with E-state index in [2.05, 4.69) is 4.90 Å². The van der Waals surface area contributed by atoms with Crippen LogP contribution in [0.15, 0.2) is 77.7 Å². The number of piperazine rings is 1. The Hall–Kier alpha value is -3.62. The van der Waals surface area contributed by atoms with E-state index in [4.69, 9.17) is 4.74 Å². The van der Waals surface area contributed by atoms with Crippen LogP contribution in [0, 0.1) is 0 Å². The van der Waals surface area contributed by atoms with Crippen molar-refractivity contribution in [2.45, 2.75) is 31.4 Å². The third-order valence-corrected chi connectivity index (χ3v) is 8.87. The zero-order valence-corrected chi connectivity index (χ0v) is 21.7. The fourth-order valence-electron chi connectivity index (χ4n) is 5.41. The van der Waals surface area contributed by atoms with Gasteiger partial charge in [-0.05, 0) is 50.2 Å². The van der Waals surface area contributed by atoms with Crippen LogP contribution < -0.4 is 4.74 Å². The van der Waals surface area contributed by atoms with Gasteiger partial charge < -0.3 is 9.64 Å². The smallest absolute Gasteiger partial charge is 0.269 e. The Morgan fingerprint density at radius 3 is 2.35 bits per heavy atom. The van der Waals surface area contributed by atoms with Gasteiger partial charge >= 0.3 is 0 Å². The summed E-state index contributed by atoms with van der Waals surface area (Å²) in [5, 5.41) is 0.883. The van der Waals surface area contributed by atoms with Gasteiger partial charge in [0.15, 0.2) is 0 Å². The Balaban J connectivity index is 1.36. The predicted molar refractivity (Wildman–Crippen MR) is 143 cm³/mol. The van der Waals surface area contributed by atoms with E-state index >= 15 is 0 Å². The largest absolute Gasteiger partial charge is 0.491 e. The lowest BCUT2D eigenvalue weighted by molar-refractivity contribution is 0.0629. The normalized spacial score (nSPS) is 16.7. The number of nitrogens with zero attached hydrogens (tertiary/aromatic N) is 3. The maximum atomic E-state index is 13.6. The van der Waals surface area contributed by atoms with Crippen LogP contribution in [0.3, 0.4) is 0 Å². The highest BCUT2D eigenvalue weighted by Gasteiger charge is 2.37. The van der Waals surface area contributed by atoms with Crippen LogP contribution in [0.25, 0.3) is 22.2 Å². The summed E-state index contributed by atoms with van der Waals surface area (Å²) in [4.78, 5) is 17.4. The summed E-state index contributed by atoms with van der Waals surface area (Å²) < 4.78 is 34.6. The average Bonchev–Trinajstić information content (AvgIpc) is 3.34. The van der Waals surface area contributed by atoms with E-state index in [-0.39, 0.29) is 12.0 Å². The maximum Gasteiger partial charge on any atom is 0.269 e. The molecule has 3 aromatic carbocycles. The second-order valence-electron chi connectivity index (χ2n) is 9.87. The van der Waals surface area contributed by atoms with Gasteiger partial charge in [0.1, 0.15) is 5.75 Å². The minimum absolute atomic E-state index is 0.00931. The molecule has 0 bridgehead atoms. The molecule has 3 heterocycles. The molecule has 0 saturated carbocycles. The lowest BCUT2D eigenvalue weighted by atomic mass is 10.0. The highest BCUT2D eigenvalue weighted by molar-refractivity contribution is 7.90. The van der Waals surface area contributed by atoms with E-state index in [0.29, 0.717) is 48.7 Å². The number of rotatable bonds is 5. The number of aromatic nitrogens is 1. The minimum atomic E-state index is -3.69. The first-order valence-corrected chi connectivity index (χ1v) is 14.0. The third-order valence-electron chi connectivity index (χ3n) is 7.10. The molecule has 8 heteroatoms. The van der Waals surface area contributed by atoms with Crippen LogP contribution in [0.5, 0.6) is 5.75 Å². The van der Waals surface area contributed by atoms with Crippen molar-refractivity contribution in [2.75, 3.05) is 26.2 Å². The molecular formula is C29H29N3O4S. The van der Waals surface area contributed by atoms with Gasteiger partial charge in [-0.1, -0.05) is 36.4 Å². The maximum absolute atomic E-state index is 13.6. The number of fused-ring (bicyclic) bond motifs is 5. The molecule has 1 amide bonds. The first-order chi connectivity index (χ1) is 17.8. The highest BCUT2D eigenvalue weighted by atomic mass is 32.2. The molecule has 1 aromatic heterocycles. The van der Waals surface area contributed by atoms with Crippen LogP contribution in [0.1, 0.15) is 29.8 Å². The number of hydrogen-bond acceptors (Lipinski definition) is 5. The van der Waals surface area contributed by atoms with Crippen molar-refractivity contribution in [1.82, 2.24) is 13.8 Å².